The van der Waals surface area contributed by atoms with Gasteiger partial charge in [0.05, 0.1) is 12.6 Å². The Morgan fingerprint density at radius 1 is 1.10 bits per heavy atom. The number of furan rings is 1. The molecule has 3 aromatic rings. The highest BCUT2D eigenvalue weighted by atomic mass is 19.1. The molecule has 3 atom stereocenters. The van der Waals surface area contributed by atoms with Crippen LogP contribution in [0.15, 0.2) is 71.1 Å². The van der Waals surface area contributed by atoms with E-state index in [0.29, 0.717) is 18.7 Å². The summed E-state index contributed by atoms with van der Waals surface area (Å²) in [4.78, 5) is 12.8. The van der Waals surface area contributed by atoms with Gasteiger partial charge in [-0.1, -0.05) is 42.5 Å². The van der Waals surface area contributed by atoms with E-state index in [1.54, 1.807) is 6.07 Å². The number of carboxylic acids is 1. The van der Waals surface area contributed by atoms with Crippen LogP contribution in [-0.2, 0) is 11.3 Å². The van der Waals surface area contributed by atoms with E-state index in [2.05, 4.69) is 0 Å². The minimum atomic E-state index is -1.14. The predicted octanol–water partition coefficient (Wildman–Crippen LogP) is 4.19. The van der Waals surface area contributed by atoms with Crippen LogP contribution in [0.3, 0.4) is 0 Å². The molecule has 31 heavy (non-hydrogen) atoms. The molecular weight excluding hydrogens is 401 g/mol. The van der Waals surface area contributed by atoms with Gasteiger partial charge in [-0.3, -0.25) is 0 Å². The zero-order chi connectivity index (χ0) is 21.8. The van der Waals surface area contributed by atoms with Crippen LogP contribution in [-0.4, -0.2) is 41.5 Å². The van der Waals surface area contributed by atoms with Crippen molar-refractivity contribution in [3.63, 3.8) is 0 Å². The van der Waals surface area contributed by atoms with Crippen molar-refractivity contribution in [2.75, 3.05) is 18.1 Å². The smallest absolute Gasteiger partial charge is 0.371 e. The van der Waals surface area contributed by atoms with Crippen molar-refractivity contribution in [1.82, 2.24) is 0 Å². The second-order valence-electron chi connectivity index (χ2n) is 7.56. The number of rotatable bonds is 8. The molecule has 0 saturated carbocycles. The SMILES string of the molecule is O=C(O)c1ccc(COCC2C(F)CCN2c2ccc(C(O)c3ccccc3)cc2)o1. The summed E-state index contributed by atoms with van der Waals surface area (Å²) in [7, 11) is 0. The second kappa shape index (κ2) is 9.32. The maximum atomic E-state index is 14.5. The molecule has 1 aliphatic rings. The number of hydrogen-bond acceptors (Lipinski definition) is 5. The summed E-state index contributed by atoms with van der Waals surface area (Å²) < 4.78 is 25.3. The third-order valence-electron chi connectivity index (χ3n) is 5.52. The summed E-state index contributed by atoms with van der Waals surface area (Å²) in [6, 6.07) is 19.4. The third-order valence-corrected chi connectivity index (χ3v) is 5.52. The van der Waals surface area contributed by atoms with Crippen molar-refractivity contribution < 1.29 is 28.6 Å². The van der Waals surface area contributed by atoms with Crippen LogP contribution in [0.2, 0.25) is 0 Å². The highest BCUT2D eigenvalue weighted by Gasteiger charge is 2.34. The number of anilines is 1. The van der Waals surface area contributed by atoms with E-state index in [1.807, 2.05) is 59.5 Å². The normalized spacial score (nSPS) is 19.5. The number of carboxylic acid groups (broad SMARTS) is 1. The van der Waals surface area contributed by atoms with Crippen LogP contribution in [0.5, 0.6) is 0 Å². The Morgan fingerprint density at radius 3 is 2.48 bits per heavy atom. The number of benzene rings is 2. The zero-order valence-corrected chi connectivity index (χ0v) is 16.9. The number of aliphatic hydroxyl groups excluding tert-OH is 1. The van der Waals surface area contributed by atoms with Gasteiger partial charge in [0.2, 0.25) is 5.76 Å². The van der Waals surface area contributed by atoms with E-state index in [0.717, 1.165) is 16.8 Å². The zero-order valence-electron chi connectivity index (χ0n) is 16.9. The van der Waals surface area contributed by atoms with Crippen LogP contribution in [0.4, 0.5) is 10.1 Å². The number of halogens is 1. The largest absolute Gasteiger partial charge is 0.475 e. The van der Waals surface area contributed by atoms with Gasteiger partial charge < -0.3 is 24.3 Å². The van der Waals surface area contributed by atoms with Gasteiger partial charge >= 0.3 is 5.97 Å². The van der Waals surface area contributed by atoms with E-state index in [-0.39, 0.29) is 19.0 Å². The predicted molar refractivity (Wildman–Crippen MR) is 113 cm³/mol. The van der Waals surface area contributed by atoms with Crippen molar-refractivity contribution in [2.45, 2.75) is 31.3 Å². The first kappa shape index (κ1) is 21.1. The standard InChI is InChI=1S/C24H24FNO5/c25-20-12-13-26(21(20)15-30-14-19-10-11-22(31-19)24(28)29)18-8-6-17(7-9-18)23(27)16-4-2-1-3-5-16/h1-11,20-21,23,27H,12-15H2,(H,28,29). The maximum Gasteiger partial charge on any atom is 0.371 e. The molecule has 0 radical (unpaired) electrons. The number of aliphatic hydroxyl groups is 1. The summed E-state index contributed by atoms with van der Waals surface area (Å²) in [5, 5.41) is 19.5. The molecule has 1 aromatic heterocycles. The lowest BCUT2D eigenvalue weighted by Gasteiger charge is -2.27. The molecule has 1 aliphatic heterocycles. The number of aromatic carboxylic acids is 1. The van der Waals surface area contributed by atoms with Crippen LogP contribution < -0.4 is 4.90 Å². The molecule has 2 heterocycles. The molecule has 0 aliphatic carbocycles. The van der Waals surface area contributed by atoms with Crippen LogP contribution in [0.1, 0.15) is 40.0 Å². The maximum absolute atomic E-state index is 14.5. The molecule has 1 saturated heterocycles. The van der Waals surface area contributed by atoms with Crippen molar-refractivity contribution >= 4 is 11.7 Å². The molecule has 2 N–H and O–H groups in total. The van der Waals surface area contributed by atoms with Crippen LogP contribution >= 0.6 is 0 Å². The quantitative estimate of drug-likeness (QED) is 0.563. The number of ether oxygens (including phenoxy) is 1. The summed E-state index contributed by atoms with van der Waals surface area (Å²) in [5.41, 5.74) is 2.45. The molecule has 0 spiro atoms. The third kappa shape index (κ3) is 4.78. The highest BCUT2D eigenvalue weighted by Crippen LogP contribution is 2.30. The Hall–Kier alpha value is -3.16. The van der Waals surface area contributed by atoms with Gasteiger partial charge in [0.15, 0.2) is 0 Å². The molecule has 7 heteroatoms. The summed E-state index contributed by atoms with van der Waals surface area (Å²) in [6.07, 6.45) is -1.33. The fourth-order valence-corrected chi connectivity index (χ4v) is 3.86. The van der Waals surface area contributed by atoms with E-state index in [4.69, 9.17) is 14.3 Å². The highest BCUT2D eigenvalue weighted by molar-refractivity contribution is 5.84. The minimum Gasteiger partial charge on any atom is -0.475 e. The molecule has 1 fully saturated rings. The Kier molecular flexibility index (Phi) is 6.34. The number of hydrogen-bond donors (Lipinski definition) is 2. The van der Waals surface area contributed by atoms with E-state index >= 15 is 0 Å². The van der Waals surface area contributed by atoms with Gasteiger partial charge in [-0.15, -0.1) is 0 Å². The molecular formula is C24H24FNO5. The first-order valence-corrected chi connectivity index (χ1v) is 10.2. The molecule has 6 nitrogen and oxygen atoms in total. The van der Waals surface area contributed by atoms with Crippen molar-refractivity contribution in [3.05, 3.63) is 89.4 Å². The van der Waals surface area contributed by atoms with E-state index < -0.39 is 24.3 Å². The Bertz CT molecular complexity index is 1000. The second-order valence-corrected chi connectivity index (χ2v) is 7.56. The van der Waals surface area contributed by atoms with Crippen molar-refractivity contribution in [2.24, 2.45) is 0 Å². The number of carbonyl (C=O) groups is 1. The summed E-state index contributed by atoms with van der Waals surface area (Å²) in [5.74, 6) is -0.906. The molecule has 0 amide bonds. The molecule has 0 bridgehead atoms. The lowest BCUT2D eigenvalue weighted by Crippen LogP contribution is -2.37. The van der Waals surface area contributed by atoms with Gasteiger partial charge in [0, 0.05) is 12.2 Å². The average molecular weight is 425 g/mol. The molecule has 162 valence electrons. The monoisotopic (exact) mass is 425 g/mol. The fourth-order valence-electron chi connectivity index (χ4n) is 3.86. The van der Waals surface area contributed by atoms with Gasteiger partial charge in [-0.25, -0.2) is 9.18 Å². The molecule has 3 unspecified atom stereocenters. The van der Waals surface area contributed by atoms with E-state index in [9.17, 15) is 14.3 Å². The van der Waals surface area contributed by atoms with Gasteiger partial charge in [0.1, 0.15) is 24.6 Å². The minimum absolute atomic E-state index is 0.0759. The Morgan fingerprint density at radius 2 is 1.81 bits per heavy atom. The molecule has 2 aromatic carbocycles. The molecule has 4 rings (SSSR count). The summed E-state index contributed by atoms with van der Waals surface area (Å²) >= 11 is 0. The van der Waals surface area contributed by atoms with Crippen LogP contribution in [0.25, 0.3) is 0 Å². The summed E-state index contributed by atoms with van der Waals surface area (Å²) in [6.45, 7) is 0.797. The first-order valence-electron chi connectivity index (χ1n) is 10.2. The number of alkyl halides is 1. The van der Waals surface area contributed by atoms with Crippen molar-refractivity contribution in [1.29, 1.82) is 0 Å². The Balaban J connectivity index is 1.39. The number of nitrogens with zero attached hydrogens (tertiary/aromatic N) is 1. The van der Waals surface area contributed by atoms with E-state index in [1.165, 1.54) is 6.07 Å². The van der Waals surface area contributed by atoms with Gasteiger partial charge in [0.25, 0.3) is 0 Å². The first-order chi connectivity index (χ1) is 15.0. The lowest BCUT2D eigenvalue weighted by atomic mass is 10.0. The van der Waals surface area contributed by atoms with Gasteiger partial charge in [-0.2, -0.15) is 0 Å². The Labute approximate surface area is 179 Å². The fraction of sp³-hybridized carbons (Fsp3) is 0.292. The van der Waals surface area contributed by atoms with Crippen LogP contribution in [0, 0.1) is 0 Å². The van der Waals surface area contributed by atoms with Gasteiger partial charge in [-0.05, 0) is 41.8 Å². The lowest BCUT2D eigenvalue weighted by molar-refractivity contribution is 0.0632. The topological polar surface area (TPSA) is 83.1 Å². The van der Waals surface area contributed by atoms with Crippen molar-refractivity contribution in [3.8, 4) is 0 Å². The average Bonchev–Trinajstić information content (AvgIpc) is 3.41.